The average Bonchev–Trinajstić information content (AvgIpc) is 2.55. The van der Waals surface area contributed by atoms with Gasteiger partial charge in [0.15, 0.2) is 0 Å². The highest BCUT2D eigenvalue weighted by Crippen LogP contribution is 2.25. The Kier molecular flexibility index (Phi) is 3.53. The number of primary amides is 1. The minimum absolute atomic E-state index is 0.261. The van der Waals surface area contributed by atoms with Gasteiger partial charge in [0.2, 0.25) is 5.91 Å². The van der Waals surface area contributed by atoms with Crippen LogP contribution in [0.5, 0.6) is 0 Å². The van der Waals surface area contributed by atoms with E-state index in [0.29, 0.717) is 11.4 Å². The number of benzene rings is 2. The zero-order valence-corrected chi connectivity index (χ0v) is 11.8. The molecule has 108 valence electrons. The minimum atomic E-state index is -0.547. The van der Waals surface area contributed by atoms with Gasteiger partial charge >= 0.3 is 0 Å². The van der Waals surface area contributed by atoms with Crippen molar-refractivity contribution in [2.24, 2.45) is 5.73 Å². The predicted octanol–water partition coefficient (Wildman–Crippen LogP) is 2.87. The lowest BCUT2D eigenvalue weighted by atomic mass is 10.0. The highest BCUT2D eigenvalue weighted by molar-refractivity contribution is 6.18. The van der Waals surface area contributed by atoms with E-state index in [4.69, 9.17) is 5.73 Å². The van der Waals surface area contributed by atoms with E-state index in [1.807, 2.05) is 42.5 Å². The number of carbonyl (C=O) groups is 1. The van der Waals surface area contributed by atoms with E-state index in [0.717, 1.165) is 16.6 Å². The van der Waals surface area contributed by atoms with Crippen molar-refractivity contribution in [2.45, 2.75) is 0 Å². The smallest absolute Gasteiger partial charge is 0.248 e. The number of rotatable bonds is 4. The lowest BCUT2D eigenvalue weighted by Gasteiger charge is -2.09. The van der Waals surface area contributed by atoms with Crippen molar-refractivity contribution in [3.8, 4) is 0 Å². The fourth-order valence-corrected chi connectivity index (χ4v) is 2.14. The van der Waals surface area contributed by atoms with Crippen LogP contribution in [-0.2, 0) is 4.79 Å². The second kappa shape index (κ2) is 5.65. The molecule has 0 saturated carbocycles. The number of nitrogens with zero attached hydrogens (tertiary/aromatic N) is 2. The molecule has 3 aromatic rings. The van der Waals surface area contributed by atoms with Crippen molar-refractivity contribution >= 4 is 33.9 Å². The van der Waals surface area contributed by atoms with Crippen molar-refractivity contribution < 1.29 is 4.79 Å². The van der Waals surface area contributed by atoms with Gasteiger partial charge in [0.25, 0.3) is 0 Å². The van der Waals surface area contributed by atoms with E-state index >= 15 is 0 Å². The summed E-state index contributed by atoms with van der Waals surface area (Å²) in [6.07, 6.45) is 1.50. The molecule has 0 aliphatic carbocycles. The van der Waals surface area contributed by atoms with Crippen LogP contribution in [0.3, 0.4) is 0 Å². The summed E-state index contributed by atoms with van der Waals surface area (Å²) < 4.78 is 0. The van der Waals surface area contributed by atoms with Crippen LogP contribution in [0.2, 0.25) is 0 Å². The van der Waals surface area contributed by atoms with Crippen molar-refractivity contribution in [1.82, 2.24) is 9.97 Å². The molecule has 0 aliphatic heterocycles. The first-order valence-corrected chi connectivity index (χ1v) is 6.71. The second-order valence-corrected chi connectivity index (χ2v) is 4.79. The van der Waals surface area contributed by atoms with Crippen molar-refractivity contribution in [2.75, 3.05) is 5.32 Å². The fourth-order valence-electron chi connectivity index (χ4n) is 2.14. The molecule has 0 fully saturated rings. The van der Waals surface area contributed by atoms with E-state index < -0.39 is 5.91 Å². The number of aromatic nitrogens is 2. The Hall–Kier alpha value is -3.21. The van der Waals surface area contributed by atoms with Crippen molar-refractivity contribution in [1.29, 1.82) is 0 Å². The standard InChI is InChI=1S/C17H14N4O/c1-11(16(18)22)12-7-8-15-14(9-12)17(20-10-19-15)21-13-5-3-2-4-6-13/h2-10H,1H2,(H2,18,22)(H,19,20,21). The summed E-state index contributed by atoms with van der Waals surface area (Å²) in [5.74, 6) is 0.115. The Labute approximate surface area is 127 Å². The molecule has 5 nitrogen and oxygen atoms in total. The predicted molar refractivity (Wildman–Crippen MR) is 87.5 cm³/mol. The number of hydrogen-bond donors (Lipinski definition) is 2. The van der Waals surface area contributed by atoms with E-state index in [9.17, 15) is 4.79 Å². The normalized spacial score (nSPS) is 10.4. The summed E-state index contributed by atoms with van der Waals surface area (Å²) >= 11 is 0. The maximum atomic E-state index is 11.3. The van der Waals surface area contributed by atoms with Crippen LogP contribution < -0.4 is 11.1 Å². The van der Waals surface area contributed by atoms with Gasteiger partial charge in [0.1, 0.15) is 12.1 Å². The molecule has 5 heteroatoms. The molecule has 0 saturated heterocycles. The molecule has 3 N–H and O–H groups in total. The second-order valence-electron chi connectivity index (χ2n) is 4.79. The van der Waals surface area contributed by atoms with Gasteiger partial charge in [-0.25, -0.2) is 9.97 Å². The highest BCUT2D eigenvalue weighted by Gasteiger charge is 2.09. The van der Waals surface area contributed by atoms with Crippen molar-refractivity contribution in [3.63, 3.8) is 0 Å². The molecule has 22 heavy (non-hydrogen) atoms. The van der Waals surface area contributed by atoms with Gasteiger partial charge in [0, 0.05) is 16.6 Å². The molecule has 1 aromatic heterocycles. The van der Waals surface area contributed by atoms with Crippen LogP contribution in [0.1, 0.15) is 5.56 Å². The average molecular weight is 290 g/mol. The lowest BCUT2D eigenvalue weighted by molar-refractivity contribution is -0.112. The summed E-state index contributed by atoms with van der Waals surface area (Å²) in [6, 6.07) is 15.1. The SMILES string of the molecule is C=C(C(N)=O)c1ccc2ncnc(Nc3ccccc3)c2c1. The summed E-state index contributed by atoms with van der Waals surface area (Å²) in [5.41, 5.74) is 7.90. The first kappa shape index (κ1) is 13.8. The van der Waals surface area contributed by atoms with Gasteiger partial charge in [0.05, 0.1) is 5.52 Å². The van der Waals surface area contributed by atoms with Crippen LogP contribution >= 0.6 is 0 Å². The van der Waals surface area contributed by atoms with Crippen LogP contribution in [0.4, 0.5) is 11.5 Å². The Morgan fingerprint density at radius 1 is 1.09 bits per heavy atom. The minimum Gasteiger partial charge on any atom is -0.366 e. The Bertz CT molecular complexity index is 859. The molecule has 3 rings (SSSR count). The van der Waals surface area contributed by atoms with Crippen LogP contribution in [0.25, 0.3) is 16.5 Å². The molecule has 1 heterocycles. The molecule has 2 aromatic carbocycles. The third-order valence-corrected chi connectivity index (χ3v) is 3.32. The maximum absolute atomic E-state index is 11.3. The number of para-hydroxylation sites is 1. The number of nitrogens with two attached hydrogens (primary N) is 1. The van der Waals surface area contributed by atoms with E-state index in [2.05, 4.69) is 21.9 Å². The van der Waals surface area contributed by atoms with E-state index in [1.54, 1.807) is 6.07 Å². The molecule has 0 spiro atoms. The molecule has 0 atom stereocenters. The monoisotopic (exact) mass is 290 g/mol. The Morgan fingerprint density at radius 3 is 2.59 bits per heavy atom. The molecule has 0 unspecified atom stereocenters. The van der Waals surface area contributed by atoms with Crippen LogP contribution in [-0.4, -0.2) is 15.9 Å². The lowest BCUT2D eigenvalue weighted by Crippen LogP contribution is -2.11. The van der Waals surface area contributed by atoms with Gasteiger partial charge < -0.3 is 11.1 Å². The van der Waals surface area contributed by atoms with Crippen molar-refractivity contribution in [3.05, 3.63) is 67.0 Å². The zero-order chi connectivity index (χ0) is 15.5. The number of anilines is 2. The number of hydrogen-bond acceptors (Lipinski definition) is 4. The third-order valence-electron chi connectivity index (χ3n) is 3.32. The first-order chi connectivity index (χ1) is 10.6. The highest BCUT2D eigenvalue weighted by atomic mass is 16.1. The van der Waals surface area contributed by atoms with Crippen LogP contribution in [0, 0.1) is 0 Å². The molecular weight excluding hydrogens is 276 g/mol. The fraction of sp³-hybridized carbons (Fsp3) is 0. The molecular formula is C17H14N4O. The quantitative estimate of drug-likeness (QED) is 0.724. The van der Waals surface area contributed by atoms with Gasteiger partial charge in [-0.2, -0.15) is 0 Å². The zero-order valence-electron chi connectivity index (χ0n) is 11.8. The van der Waals surface area contributed by atoms with Gasteiger partial charge in [-0.3, -0.25) is 4.79 Å². The summed E-state index contributed by atoms with van der Waals surface area (Å²) in [7, 11) is 0. The number of amides is 1. The maximum Gasteiger partial charge on any atom is 0.248 e. The molecule has 1 amide bonds. The Balaban J connectivity index is 2.08. The number of carbonyl (C=O) groups excluding carboxylic acids is 1. The molecule has 0 aliphatic rings. The Morgan fingerprint density at radius 2 is 1.86 bits per heavy atom. The third kappa shape index (κ3) is 2.64. The van der Waals surface area contributed by atoms with Gasteiger partial charge in [-0.1, -0.05) is 30.8 Å². The largest absolute Gasteiger partial charge is 0.366 e. The van der Waals surface area contributed by atoms with E-state index in [-0.39, 0.29) is 5.57 Å². The summed E-state index contributed by atoms with van der Waals surface area (Å²) in [5, 5.41) is 4.04. The van der Waals surface area contributed by atoms with Crippen LogP contribution in [0.15, 0.2) is 61.4 Å². The first-order valence-electron chi connectivity index (χ1n) is 6.71. The summed E-state index contributed by atoms with van der Waals surface area (Å²) in [6.45, 7) is 3.71. The van der Waals surface area contributed by atoms with Gasteiger partial charge in [-0.15, -0.1) is 0 Å². The van der Waals surface area contributed by atoms with Gasteiger partial charge in [-0.05, 0) is 29.8 Å². The summed E-state index contributed by atoms with van der Waals surface area (Å²) in [4.78, 5) is 19.8. The van der Waals surface area contributed by atoms with E-state index in [1.165, 1.54) is 6.33 Å². The molecule has 0 bridgehead atoms. The topological polar surface area (TPSA) is 80.9 Å². The number of nitrogens with one attached hydrogen (secondary N) is 1. The molecule has 0 radical (unpaired) electrons. The number of fused-ring (bicyclic) bond motifs is 1.